The Balaban J connectivity index is 1.77. The summed E-state index contributed by atoms with van der Waals surface area (Å²) in [6.07, 6.45) is 2.05. The zero-order valence-electron chi connectivity index (χ0n) is 13.4. The molecular weight excluding hydrogens is 368 g/mol. The van der Waals surface area contributed by atoms with Crippen LogP contribution >= 0.6 is 11.6 Å². The summed E-state index contributed by atoms with van der Waals surface area (Å²) in [6.45, 7) is 1.53. The van der Waals surface area contributed by atoms with E-state index in [1.807, 2.05) is 24.3 Å². The molecule has 0 aliphatic carbocycles. The zero-order valence-corrected chi connectivity index (χ0v) is 15.0. The van der Waals surface area contributed by atoms with E-state index in [4.69, 9.17) is 11.6 Å². The first-order valence-electron chi connectivity index (χ1n) is 7.99. The second kappa shape index (κ2) is 7.40. The molecule has 1 saturated heterocycles. The first-order chi connectivity index (χ1) is 11.9. The average molecular weight is 386 g/mol. The van der Waals surface area contributed by atoms with Crippen LogP contribution in [0.25, 0.3) is 0 Å². The minimum atomic E-state index is -4.54. The fraction of sp³-hybridized carbons (Fsp3) is 0.333. The molecule has 1 fully saturated rings. The predicted octanol–water partition coefficient (Wildman–Crippen LogP) is 4.67. The van der Waals surface area contributed by atoms with Crippen LogP contribution in [-0.2, 0) is 16.4 Å². The number of nitrogens with zero attached hydrogens (tertiary/aromatic N) is 1. The molecule has 0 radical (unpaired) electrons. The van der Waals surface area contributed by atoms with E-state index in [1.165, 1.54) is 12.1 Å². The van der Waals surface area contributed by atoms with Crippen LogP contribution in [0.5, 0.6) is 0 Å². The first-order valence-corrected chi connectivity index (χ1v) is 9.91. The van der Waals surface area contributed by atoms with Crippen LogP contribution < -0.4 is 0 Å². The van der Waals surface area contributed by atoms with E-state index >= 15 is 0 Å². The fourth-order valence-electron chi connectivity index (χ4n) is 3.23. The summed E-state index contributed by atoms with van der Waals surface area (Å²) < 4.78 is 48.2. The molecule has 1 unspecified atom stereocenters. The lowest BCUT2D eigenvalue weighted by atomic mass is 10.0. The van der Waals surface area contributed by atoms with Gasteiger partial charge in [-0.3, -0.25) is 4.90 Å². The fourth-order valence-corrected chi connectivity index (χ4v) is 4.22. The number of sulfone groups is 1. The molecule has 2 aromatic carbocycles. The highest BCUT2D eigenvalue weighted by Gasteiger charge is 2.28. The van der Waals surface area contributed by atoms with Crippen molar-refractivity contribution in [2.45, 2.75) is 36.1 Å². The van der Waals surface area contributed by atoms with Crippen LogP contribution in [0.3, 0.4) is 0 Å². The van der Waals surface area contributed by atoms with E-state index in [0.29, 0.717) is 6.54 Å². The van der Waals surface area contributed by atoms with Gasteiger partial charge in [0.05, 0.1) is 4.90 Å². The van der Waals surface area contributed by atoms with E-state index in [2.05, 4.69) is 4.90 Å². The average Bonchev–Trinajstić information content (AvgIpc) is 3.03. The van der Waals surface area contributed by atoms with Crippen LogP contribution in [0, 0.1) is 0 Å². The van der Waals surface area contributed by atoms with Crippen LogP contribution in [-0.4, -0.2) is 25.6 Å². The summed E-state index contributed by atoms with van der Waals surface area (Å²) in [5.41, 5.74) is 1.96. The number of hydrogen-bond acceptors (Lipinski definition) is 3. The zero-order chi connectivity index (χ0) is 18.0. The highest BCUT2D eigenvalue weighted by molar-refractivity contribution is 7.91. The number of hydrogen-bond donors (Lipinski definition) is 0. The van der Waals surface area contributed by atoms with Crippen molar-refractivity contribution in [2.24, 2.45) is 0 Å². The lowest BCUT2D eigenvalue weighted by molar-refractivity contribution is 0.234. The number of alkyl halides is 2. The number of likely N-dealkylation sites (tertiary alicyclic amines) is 1. The number of halogens is 3. The van der Waals surface area contributed by atoms with Gasteiger partial charge >= 0.3 is 5.76 Å². The second-order valence-corrected chi connectivity index (χ2v) is 8.42. The van der Waals surface area contributed by atoms with Gasteiger partial charge in [0.15, 0.2) is 0 Å². The van der Waals surface area contributed by atoms with Crippen LogP contribution in [0.15, 0.2) is 53.4 Å². The topological polar surface area (TPSA) is 37.4 Å². The first kappa shape index (κ1) is 18.3. The van der Waals surface area contributed by atoms with Crippen molar-refractivity contribution in [3.05, 3.63) is 64.7 Å². The van der Waals surface area contributed by atoms with Crippen LogP contribution in [0.4, 0.5) is 8.78 Å². The maximum Gasteiger partial charge on any atom is 0.341 e. The molecule has 1 aliphatic rings. The van der Waals surface area contributed by atoms with Gasteiger partial charge in [0.25, 0.3) is 0 Å². The molecule has 25 heavy (non-hydrogen) atoms. The number of benzene rings is 2. The molecular formula is C18H18ClF2NO2S. The normalized spacial score (nSPS) is 18.8. The van der Waals surface area contributed by atoms with Crippen LogP contribution in [0.1, 0.15) is 30.0 Å². The minimum absolute atomic E-state index is 0.207. The van der Waals surface area contributed by atoms with E-state index in [1.54, 1.807) is 12.1 Å². The molecule has 0 aromatic heterocycles. The Morgan fingerprint density at radius 1 is 1.12 bits per heavy atom. The third-order valence-corrected chi connectivity index (χ3v) is 6.24. The maximum atomic E-state index is 12.6. The molecule has 3 nitrogen and oxygen atoms in total. The van der Waals surface area contributed by atoms with E-state index in [0.717, 1.165) is 35.5 Å². The molecule has 0 amide bonds. The Labute approximate surface area is 151 Å². The lowest BCUT2D eigenvalue weighted by Gasteiger charge is -2.25. The van der Waals surface area contributed by atoms with Gasteiger partial charge in [-0.25, -0.2) is 8.42 Å². The Hall–Kier alpha value is -1.50. The molecule has 0 spiro atoms. The molecule has 3 rings (SSSR count). The summed E-state index contributed by atoms with van der Waals surface area (Å²) in [5, 5.41) is 0.734. The van der Waals surface area contributed by atoms with Gasteiger partial charge in [-0.2, -0.15) is 8.78 Å². The molecule has 7 heteroatoms. The minimum Gasteiger partial charge on any atom is -0.292 e. The smallest absolute Gasteiger partial charge is 0.292 e. The Morgan fingerprint density at radius 3 is 2.44 bits per heavy atom. The summed E-state index contributed by atoms with van der Waals surface area (Å²) in [5.74, 6) is -3.40. The summed E-state index contributed by atoms with van der Waals surface area (Å²) in [4.78, 5) is 1.92. The van der Waals surface area contributed by atoms with Gasteiger partial charge in [-0.15, -0.1) is 0 Å². The van der Waals surface area contributed by atoms with E-state index < -0.39 is 15.6 Å². The predicted molar refractivity (Wildman–Crippen MR) is 93.5 cm³/mol. The van der Waals surface area contributed by atoms with Crippen molar-refractivity contribution in [2.75, 3.05) is 6.54 Å². The quantitative estimate of drug-likeness (QED) is 0.750. The van der Waals surface area contributed by atoms with Crippen molar-refractivity contribution < 1.29 is 17.2 Å². The Kier molecular flexibility index (Phi) is 5.41. The van der Waals surface area contributed by atoms with E-state index in [9.17, 15) is 17.2 Å². The Morgan fingerprint density at radius 2 is 1.80 bits per heavy atom. The third kappa shape index (κ3) is 3.86. The Bertz CT molecular complexity index is 840. The largest absolute Gasteiger partial charge is 0.341 e. The highest BCUT2D eigenvalue weighted by atomic mass is 35.5. The lowest BCUT2D eigenvalue weighted by Crippen LogP contribution is -2.23. The summed E-state index contributed by atoms with van der Waals surface area (Å²) in [6, 6.07) is 13.6. The van der Waals surface area contributed by atoms with Crippen molar-refractivity contribution in [1.82, 2.24) is 4.90 Å². The number of rotatable bonds is 5. The van der Waals surface area contributed by atoms with Gasteiger partial charge in [-0.1, -0.05) is 41.9 Å². The summed E-state index contributed by atoms with van der Waals surface area (Å²) in [7, 11) is -4.54. The third-order valence-electron chi connectivity index (χ3n) is 4.50. The molecule has 1 atom stereocenters. The van der Waals surface area contributed by atoms with Gasteiger partial charge < -0.3 is 0 Å². The molecule has 0 N–H and O–H groups in total. The van der Waals surface area contributed by atoms with Gasteiger partial charge in [0.2, 0.25) is 9.84 Å². The van der Waals surface area contributed by atoms with E-state index in [-0.39, 0.29) is 10.9 Å². The van der Waals surface area contributed by atoms with Crippen molar-refractivity contribution in [3.63, 3.8) is 0 Å². The van der Waals surface area contributed by atoms with Crippen molar-refractivity contribution >= 4 is 21.4 Å². The molecule has 1 heterocycles. The molecule has 0 bridgehead atoms. The second-order valence-electron chi connectivity index (χ2n) is 6.10. The maximum absolute atomic E-state index is 12.6. The molecule has 134 valence electrons. The van der Waals surface area contributed by atoms with Crippen molar-refractivity contribution in [3.8, 4) is 0 Å². The monoisotopic (exact) mass is 385 g/mol. The SMILES string of the molecule is O=S(=O)(c1ccc(CN2CCCC2c2ccccc2Cl)cc1)C(F)F. The standard InChI is InChI=1S/C18H18ClF2NO2S/c19-16-5-2-1-4-15(16)17-6-3-11-22(17)12-13-7-9-14(10-8-13)25(23,24)18(20)21/h1-2,4-5,7-10,17-18H,3,6,11-12H2. The van der Waals surface area contributed by atoms with Crippen LogP contribution in [0.2, 0.25) is 5.02 Å². The van der Waals surface area contributed by atoms with Crippen molar-refractivity contribution in [1.29, 1.82) is 0 Å². The highest BCUT2D eigenvalue weighted by Crippen LogP contribution is 2.36. The van der Waals surface area contributed by atoms with Gasteiger partial charge in [0.1, 0.15) is 0 Å². The molecule has 1 aliphatic heterocycles. The van der Waals surface area contributed by atoms with Gasteiger partial charge in [0, 0.05) is 17.6 Å². The summed E-state index contributed by atoms with van der Waals surface area (Å²) >= 11 is 6.31. The molecule has 2 aromatic rings. The molecule has 0 saturated carbocycles. The van der Waals surface area contributed by atoms with Gasteiger partial charge in [-0.05, 0) is 48.7 Å².